The van der Waals surface area contributed by atoms with Gasteiger partial charge >= 0.3 is 0 Å². The molecule has 1 amide bonds. The second kappa shape index (κ2) is 8.50. The zero-order chi connectivity index (χ0) is 12.6. The van der Waals surface area contributed by atoms with Gasteiger partial charge in [-0.25, -0.2) is 5.84 Å². The van der Waals surface area contributed by atoms with E-state index in [-0.39, 0.29) is 11.9 Å². The first kappa shape index (κ1) is 15.3. The molecule has 3 N–H and O–H groups in total. The van der Waals surface area contributed by atoms with E-state index in [1.807, 2.05) is 6.92 Å². The van der Waals surface area contributed by atoms with Crippen LogP contribution in [-0.2, 0) is 9.53 Å². The number of nitrogens with two attached hydrogens (primary N) is 1. The number of nitrogens with one attached hydrogen (secondary N) is 1. The van der Waals surface area contributed by atoms with Crippen molar-refractivity contribution in [2.24, 2.45) is 11.8 Å². The van der Waals surface area contributed by atoms with E-state index in [2.05, 4.69) is 24.2 Å². The minimum absolute atomic E-state index is 0.188. The Kier molecular flexibility index (Phi) is 8.15. The lowest BCUT2D eigenvalue weighted by atomic mass is 10.1. The van der Waals surface area contributed by atoms with Crippen LogP contribution in [0.4, 0.5) is 0 Å². The summed E-state index contributed by atoms with van der Waals surface area (Å²) in [6.45, 7) is 8.42. The lowest BCUT2D eigenvalue weighted by Crippen LogP contribution is -2.52. The molecule has 0 aromatic rings. The third kappa shape index (κ3) is 4.92. The van der Waals surface area contributed by atoms with Crippen molar-refractivity contribution in [1.29, 1.82) is 0 Å². The van der Waals surface area contributed by atoms with Gasteiger partial charge in [-0.3, -0.25) is 15.1 Å². The zero-order valence-electron chi connectivity index (χ0n) is 10.8. The number of hydrazine groups is 1. The standard InChI is InChI=1S/C11H25N3O2/c1-5-9(3)7-14(6-2)10(8-16-4)11(15)13-12/h9-10H,5-8,12H2,1-4H3,(H,13,15). The summed E-state index contributed by atoms with van der Waals surface area (Å²) in [6, 6.07) is -0.297. The largest absolute Gasteiger partial charge is 0.383 e. The van der Waals surface area contributed by atoms with Gasteiger partial charge in [0.2, 0.25) is 0 Å². The van der Waals surface area contributed by atoms with E-state index in [0.29, 0.717) is 12.5 Å². The van der Waals surface area contributed by atoms with Crippen LogP contribution in [0.3, 0.4) is 0 Å². The molecule has 0 rings (SSSR count). The van der Waals surface area contributed by atoms with Gasteiger partial charge in [0.05, 0.1) is 6.61 Å². The molecule has 16 heavy (non-hydrogen) atoms. The average Bonchev–Trinajstić information content (AvgIpc) is 2.32. The van der Waals surface area contributed by atoms with E-state index >= 15 is 0 Å². The van der Waals surface area contributed by atoms with Crippen LogP contribution in [0.25, 0.3) is 0 Å². The summed E-state index contributed by atoms with van der Waals surface area (Å²) in [5, 5.41) is 0. The van der Waals surface area contributed by atoms with Crippen LogP contribution in [0.5, 0.6) is 0 Å². The van der Waals surface area contributed by atoms with Crippen LogP contribution in [0, 0.1) is 5.92 Å². The highest BCUT2D eigenvalue weighted by atomic mass is 16.5. The molecular weight excluding hydrogens is 206 g/mol. The molecule has 0 heterocycles. The normalized spacial score (nSPS) is 14.9. The van der Waals surface area contributed by atoms with Crippen LogP contribution in [0.15, 0.2) is 0 Å². The molecule has 0 fully saturated rings. The number of likely N-dealkylation sites (N-methyl/N-ethyl adjacent to an activating group) is 1. The molecular formula is C11H25N3O2. The van der Waals surface area contributed by atoms with Crippen LogP contribution in [-0.4, -0.2) is 43.7 Å². The van der Waals surface area contributed by atoms with E-state index in [0.717, 1.165) is 19.5 Å². The van der Waals surface area contributed by atoms with Gasteiger partial charge in [-0.15, -0.1) is 0 Å². The molecule has 0 aromatic carbocycles. The molecule has 0 radical (unpaired) electrons. The van der Waals surface area contributed by atoms with Gasteiger partial charge < -0.3 is 4.74 Å². The predicted molar refractivity (Wildman–Crippen MR) is 64.7 cm³/mol. The van der Waals surface area contributed by atoms with E-state index < -0.39 is 0 Å². The lowest BCUT2D eigenvalue weighted by Gasteiger charge is -2.30. The van der Waals surface area contributed by atoms with Crippen LogP contribution in [0.1, 0.15) is 27.2 Å². The average molecular weight is 231 g/mol. The van der Waals surface area contributed by atoms with E-state index in [1.165, 1.54) is 0 Å². The van der Waals surface area contributed by atoms with Crippen molar-refractivity contribution in [3.63, 3.8) is 0 Å². The summed E-state index contributed by atoms with van der Waals surface area (Å²) >= 11 is 0. The van der Waals surface area contributed by atoms with Crippen molar-refractivity contribution in [2.75, 3.05) is 26.8 Å². The second-order valence-corrected chi connectivity index (χ2v) is 4.08. The Labute approximate surface area is 98.3 Å². The number of hydrogen-bond acceptors (Lipinski definition) is 4. The summed E-state index contributed by atoms with van der Waals surface area (Å²) in [4.78, 5) is 13.7. The molecule has 0 aliphatic carbocycles. The van der Waals surface area contributed by atoms with E-state index in [4.69, 9.17) is 10.6 Å². The van der Waals surface area contributed by atoms with Crippen molar-refractivity contribution < 1.29 is 9.53 Å². The number of carbonyl (C=O) groups excluding carboxylic acids is 1. The minimum atomic E-state index is -0.297. The molecule has 5 heteroatoms. The Hall–Kier alpha value is -0.650. The summed E-state index contributed by atoms with van der Waals surface area (Å²) < 4.78 is 5.07. The van der Waals surface area contributed by atoms with Gasteiger partial charge in [0.25, 0.3) is 5.91 Å². The Morgan fingerprint density at radius 1 is 1.50 bits per heavy atom. The molecule has 5 nitrogen and oxygen atoms in total. The number of rotatable bonds is 8. The molecule has 0 aromatic heterocycles. The molecule has 96 valence electrons. The third-order valence-corrected chi connectivity index (χ3v) is 2.86. The fraction of sp³-hybridized carbons (Fsp3) is 0.909. The quantitative estimate of drug-likeness (QED) is 0.359. The Morgan fingerprint density at radius 2 is 2.12 bits per heavy atom. The van der Waals surface area contributed by atoms with Crippen molar-refractivity contribution in [2.45, 2.75) is 33.2 Å². The highest BCUT2D eigenvalue weighted by Gasteiger charge is 2.24. The highest BCUT2D eigenvalue weighted by molar-refractivity contribution is 5.81. The molecule has 0 bridgehead atoms. The first-order valence-corrected chi connectivity index (χ1v) is 5.84. The van der Waals surface area contributed by atoms with Crippen molar-refractivity contribution >= 4 is 5.91 Å². The maximum absolute atomic E-state index is 11.6. The van der Waals surface area contributed by atoms with Gasteiger partial charge in [-0.1, -0.05) is 27.2 Å². The number of amides is 1. The lowest BCUT2D eigenvalue weighted by molar-refractivity contribution is -0.128. The van der Waals surface area contributed by atoms with E-state index in [9.17, 15) is 4.79 Å². The number of methoxy groups -OCH3 is 1. The monoisotopic (exact) mass is 231 g/mol. The SMILES string of the molecule is CCC(C)CN(CC)C(COC)C(=O)NN. The molecule has 2 atom stereocenters. The Morgan fingerprint density at radius 3 is 2.50 bits per heavy atom. The number of hydrogen-bond donors (Lipinski definition) is 2. The van der Waals surface area contributed by atoms with Crippen molar-refractivity contribution in [3.05, 3.63) is 0 Å². The maximum Gasteiger partial charge on any atom is 0.253 e. The van der Waals surface area contributed by atoms with Crippen LogP contribution < -0.4 is 11.3 Å². The third-order valence-electron chi connectivity index (χ3n) is 2.86. The summed E-state index contributed by atoms with van der Waals surface area (Å²) in [5.41, 5.74) is 2.20. The Bertz CT molecular complexity index is 200. The predicted octanol–water partition coefficient (Wildman–Crippen LogP) is 0.359. The van der Waals surface area contributed by atoms with E-state index in [1.54, 1.807) is 7.11 Å². The number of nitrogens with zero attached hydrogens (tertiary/aromatic N) is 1. The van der Waals surface area contributed by atoms with Gasteiger partial charge in [0, 0.05) is 13.7 Å². The topological polar surface area (TPSA) is 67.6 Å². The smallest absolute Gasteiger partial charge is 0.253 e. The fourth-order valence-electron chi connectivity index (χ4n) is 1.61. The van der Waals surface area contributed by atoms with Crippen molar-refractivity contribution in [3.8, 4) is 0 Å². The minimum Gasteiger partial charge on any atom is -0.383 e. The van der Waals surface area contributed by atoms with Gasteiger partial charge in [0.15, 0.2) is 0 Å². The first-order chi connectivity index (χ1) is 7.60. The fourth-order valence-corrected chi connectivity index (χ4v) is 1.61. The molecule has 0 aliphatic rings. The number of carbonyl (C=O) groups is 1. The Balaban J connectivity index is 4.50. The van der Waals surface area contributed by atoms with Gasteiger partial charge in [-0.2, -0.15) is 0 Å². The molecule has 0 spiro atoms. The maximum atomic E-state index is 11.6. The van der Waals surface area contributed by atoms with Crippen LogP contribution >= 0.6 is 0 Å². The first-order valence-electron chi connectivity index (χ1n) is 5.84. The molecule has 0 saturated heterocycles. The van der Waals surface area contributed by atoms with Gasteiger partial charge in [-0.05, 0) is 12.5 Å². The van der Waals surface area contributed by atoms with Crippen molar-refractivity contribution in [1.82, 2.24) is 10.3 Å². The molecule has 0 saturated carbocycles. The molecule has 2 unspecified atom stereocenters. The zero-order valence-corrected chi connectivity index (χ0v) is 10.8. The molecule has 0 aliphatic heterocycles. The summed E-state index contributed by atoms with van der Waals surface area (Å²) in [5.74, 6) is 5.55. The summed E-state index contributed by atoms with van der Waals surface area (Å²) in [6.07, 6.45) is 1.10. The highest BCUT2D eigenvalue weighted by Crippen LogP contribution is 2.08. The summed E-state index contributed by atoms with van der Waals surface area (Å²) in [7, 11) is 1.59. The van der Waals surface area contributed by atoms with Crippen LogP contribution in [0.2, 0.25) is 0 Å². The number of ether oxygens (including phenoxy) is 1. The van der Waals surface area contributed by atoms with Gasteiger partial charge in [0.1, 0.15) is 6.04 Å². The second-order valence-electron chi connectivity index (χ2n) is 4.08.